The summed E-state index contributed by atoms with van der Waals surface area (Å²) in [5.41, 5.74) is 1.13. The molecule has 1 amide bonds. The van der Waals surface area contributed by atoms with Crippen LogP contribution in [0.25, 0.3) is 0 Å². The van der Waals surface area contributed by atoms with Gasteiger partial charge in [0.2, 0.25) is 5.91 Å². The molecule has 3 rings (SSSR count). The second-order valence-corrected chi connectivity index (χ2v) is 7.91. The molecule has 1 aromatic heterocycles. The Balaban J connectivity index is 1.51. The summed E-state index contributed by atoms with van der Waals surface area (Å²) >= 11 is 0. The predicted molar refractivity (Wildman–Crippen MR) is 124 cm³/mol. The molecular weight excluding hydrogens is 390 g/mol. The average molecular weight is 426 g/mol. The number of nitrogens with one attached hydrogen (secondary N) is 2. The van der Waals surface area contributed by atoms with E-state index in [0.29, 0.717) is 26.1 Å². The Kier molecular flexibility index (Phi) is 8.97. The second-order valence-electron chi connectivity index (χ2n) is 7.91. The van der Waals surface area contributed by atoms with Gasteiger partial charge in [-0.3, -0.25) is 14.7 Å². The van der Waals surface area contributed by atoms with Gasteiger partial charge in [0.1, 0.15) is 5.76 Å². The van der Waals surface area contributed by atoms with E-state index in [2.05, 4.69) is 15.5 Å². The van der Waals surface area contributed by atoms with Gasteiger partial charge < -0.3 is 20.0 Å². The Morgan fingerprint density at radius 3 is 2.61 bits per heavy atom. The van der Waals surface area contributed by atoms with Crippen LogP contribution in [0, 0.1) is 0 Å². The van der Waals surface area contributed by atoms with E-state index >= 15 is 0 Å². The van der Waals surface area contributed by atoms with Crippen molar-refractivity contribution in [1.29, 1.82) is 0 Å². The third kappa shape index (κ3) is 7.14. The highest BCUT2D eigenvalue weighted by Crippen LogP contribution is 2.25. The lowest BCUT2D eigenvalue weighted by Gasteiger charge is -2.24. The number of carbonyl (C=O) groups excluding carboxylic acids is 1. The molecule has 1 unspecified atom stereocenters. The number of benzene rings is 1. The minimum atomic E-state index is 0.109. The third-order valence-corrected chi connectivity index (χ3v) is 5.54. The van der Waals surface area contributed by atoms with Gasteiger partial charge in [0, 0.05) is 33.1 Å². The summed E-state index contributed by atoms with van der Waals surface area (Å²) in [5.74, 6) is 1.80. The van der Waals surface area contributed by atoms with Crippen molar-refractivity contribution in [2.24, 2.45) is 4.99 Å². The summed E-state index contributed by atoms with van der Waals surface area (Å²) in [6.07, 6.45) is 4.58. The monoisotopic (exact) mass is 425 g/mol. The highest BCUT2D eigenvalue weighted by Gasteiger charge is 2.25. The maximum absolute atomic E-state index is 12.5. The summed E-state index contributed by atoms with van der Waals surface area (Å²) in [5, 5.41) is 6.59. The lowest BCUT2D eigenvalue weighted by atomic mass is 10.2. The van der Waals surface area contributed by atoms with E-state index in [1.807, 2.05) is 56.4 Å². The molecule has 1 atom stereocenters. The summed E-state index contributed by atoms with van der Waals surface area (Å²) < 4.78 is 5.69. The average Bonchev–Trinajstić information content (AvgIpc) is 3.49. The zero-order valence-corrected chi connectivity index (χ0v) is 18.7. The van der Waals surface area contributed by atoms with Crippen LogP contribution in [0.4, 0.5) is 0 Å². The van der Waals surface area contributed by atoms with Crippen LogP contribution in [0.15, 0.2) is 58.1 Å². The van der Waals surface area contributed by atoms with E-state index in [1.54, 1.807) is 11.2 Å². The van der Waals surface area contributed by atoms with Crippen LogP contribution in [0.2, 0.25) is 0 Å². The fourth-order valence-corrected chi connectivity index (χ4v) is 3.86. The zero-order valence-electron chi connectivity index (χ0n) is 18.7. The quantitative estimate of drug-likeness (QED) is 0.452. The minimum absolute atomic E-state index is 0.109. The van der Waals surface area contributed by atoms with Crippen LogP contribution in [-0.4, -0.2) is 61.4 Å². The summed E-state index contributed by atoms with van der Waals surface area (Å²) in [7, 11) is 1.85. The molecule has 0 radical (unpaired) electrons. The molecule has 1 fully saturated rings. The van der Waals surface area contributed by atoms with E-state index in [1.165, 1.54) is 12.8 Å². The highest BCUT2D eigenvalue weighted by atomic mass is 16.3. The van der Waals surface area contributed by atoms with E-state index in [-0.39, 0.29) is 11.9 Å². The van der Waals surface area contributed by atoms with Gasteiger partial charge in [-0.1, -0.05) is 30.3 Å². The molecule has 2 heterocycles. The first kappa shape index (κ1) is 22.9. The second kappa shape index (κ2) is 12.2. The molecule has 0 bridgehead atoms. The Labute approximate surface area is 185 Å². The molecule has 7 nitrogen and oxygen atoms in total. The lowest BCUT2D eigenvalue weighted by Crippen LogP contribution is -2.40. The van der Waals surface area contributed by atoms with Crippen molar-refractivity contribution in [1.82, 2.24) is 20.4 Å². The SMILES string of the molecule is CCNC(=NCC(c1ccco1)N1CCCC1)NCCC(=O)N(C)Cc1ccccc1. The number of rotatable bonds is 10. The number of likely N-dealkylation sites (tertiary alicyclic amines) is 1. The van der Waals surface area contributed by atoms with Crippen LogP contribution in [0.1, 0.15) is 43.6 Å². The van der Waals surface area contributed by atoms with E-state index in [0.717, 1.165) is 36.9 Å². The molecule has 0 saturated carbocycles. The van der Waals surface area contributed by atoms with Crippen LogP contribution in [0.3, 0.4) is 0 Å². The van der Waals surface area contributed by atoms with Crippen LogP contribution in [-0.2, 0) is 11.3 Å². The third-order valence-electron chi connectivity index (χ3n) is 5.54. The van der Waals surface area contributed by atoms with Crippen molar-refractivity contribution in [2.75, 3.05) is 39.8 Å². The highest BCUT2D eigenvalue weighted by molar-refractivity contribution is 5.81. The Bertz CT molecular complexity index is 801. The first-order valence-corrected chi connectivity index (χ1v) is 11.2. The van der Waals surface area contributed by atoms with Crippen LogP contribution in [0.5, 0.6) is 0 Å². The van der Waals surface area contributed by atoms with Gasteiger partial charge in [0.05, 0.1) is 18.8 Å². The molecule has 7 heteroatoms. The number of aliphatic imine (C=N–C) groups is 1. The number of furan rings is 1. The topological polar surface area (TPSA) is 73.1 Å². The van der Waals surface area contributed by atoms with Crippen molar-refractivity contribution in [3.63, 3.8) is 0 Å². The first-order valence-electron chi connectivity index (χ1n) is 11.2. The van der Waals surface area contributed by atoms with Crippen molar-refractivity contribution in [2.45, 2.75) is 38.8 Å². The summed E-state index contributed by atoms with van der Waals surface area (Å²) in [6.45, 7) is 6.74. The Morgan fingerprint density at radius 2 is 1.94 bits per heavy atom. The molecule has 1 aliphatic heterocycles. The summed E-state index contributed by atoms with van der Waals surface area (Å²) in [6, 6.07) is 14.1. The standard InChI is InChI=1S/C24H35N5O2/c1-3-25-24(26-14-13-23(30)28(2)19-20-10-5-4-6-11-20)27-18-21(22-12-9-17-31-22)29-15-7-8-16-29/h4-6,9-12,17,21H,3,7-8,13-16,18-19H2,1-2H3,(H2,25,26,27). The van der Waals surface area contributed by atoms with E-state index < -0.39 is 0 Å². The van der Waals surface area contributed by atoms with E-state index in [4.69, 9.17) is 9.41 Å². The number of amides is 1. The number of nitrogens with zero attached hydrogens (tertiary/aromatic N) is 3. The molecule has 31 heavy (non-hydrogen) atoms. The fraction of sp³-hybridized carbons (Fsp3) is 0.500. The number of hydrogen-bond donors (Lipinski definition) is 2. The molecule has 168 valence electrons. The van der Waals surface area contributed by atoms with Gasteiger partial charge in [-0.05, 0) is 50.6 Å². The molecular formula is C24H35N5O2. The molecule has 2 aromatic rings. The van der Waals surface area contributed by atoms with Gasteiger partial charge in [0.25, 0.3) is 0 Å². The van der Waals surface area contributed by atoms with E-state index in [9.17, 15) is 4.79 Å². The Morgan fingerprint density at radius 1 is 1.16 bits per heavy atom. The molecule has 2 N–H and O–H groups in total. The van der Waals surface area contributed by atoms with Gasteiger partial charge in [-0.2, -0.15) is 0 Å². The van der Waals surface area contributed by atoms with Crippen LogP contribution < -0.4 is 10.6 Å². The minimum Gasteiger partial charge on any atom is -0.468 e. The smallest absolute Gasteiger partial charge is 0.224 e. The van der Waals surface area contributed by atoms with Gasteiger partial charge in [-0.15, -0.1) is 0 Å². The number of carbonyl (C=O) groups is 1. The van der Waals surface area contributed by atoms with Crippen molar-refractivity contribution >= 4 is 11.9 Å². The predicted octanol–water partition coefficient (Wildman–Crippen LogP) is 3.02. The Hall–Kier alpha value is -2.80. The first-order chi connectivity index (χ1) is 15.2. The van der Waals surface area contributed by atoms with Crippen molar-refractivity contribution < 1.29 is 9.21 Å². The van der Waals surface area contributed by atoms with Gasteiger partial charge >= 0.3 is 0 Å². The molecule has 0 spiro atoms. The maximum atomic E-state index is 12.5. The number of hydrogen-bond acceptors (Lipinski definition) is 4. The molecule has 1 saturated heterocycles. The molecule has 0 aliphatic carbocycles. The van der Waals surface area contributed by atoms with Crippen molar-refractivity contribution in [3.8, 4) is 0 Å². The largest absolute Gasteiger partial charge is 0.468 e. The zero-order chi connectivity index (χ0) is 21.9. The van der Waals surface area contributed by atoms with Crippen molar-refractivity contribution in [3.05, 3.63) is 60.1 Å². The molecule has 1 aromatic carbocycles. The van der Waals surface area contributed by atoms with Gasteiger partial charge in [-0.25, -0.2) is 0 Å². The lowest BCUT2D eigenvalue weighted by molar-refractivity contribution is -0.130. The summed E-state index contributed by atoms with van der Waals surface area (Å²) in [4.78, 5) is 21.5. The molecule has 1 aliphatic rings. The number of guanidine groups is 1. The fourth-order valence-electron chi connectivity index (χ4n) is 3.86. The maximum Gasteiger partial charge on any atom is 0.224 e. The van der Waals surface area contributed by atoms with Gasteiger partial charge in [0.15, 0.2) is 5.96 Å². The van der Waals surface area contributed by atoms with Crippen LogP contribution >= 0.6 is 0 Å². The normalized spacial score (nSPS) is 15.6.